The van der Waals surface area contributed by atoms with E-state index < -0.39 is 0 Å². The summed E-state index contributed by atoms with van der Waals surface area (Å²) in [5.41, 5.74) is 8.88. The summed E-state index contributed by atoms with van der Waals surface area (Å²) in [6.45, 7) is 17.7. The van der Waals surface area contributed by atoms with Crippen LogP contribution < -0.4 is 24.8 Å². The first kappa shape index (κ1) is 35.0. The average Bonchev–Trinajstić information content (AvgIpc) is 2.80. The largest absolute Gasteiger partial charge is 2.00 e. The normalized spacial score (nSPS) is 11.4. The summed E-state index contributed by atoms with van der Waals surface area (Å²) in [7, 11) is 0. The molecule has 201 valence electrons. The van der Waals surface area contributed by atoms with E-state index >= 15 is 0 Å². The van der Waals surface area contributed by atoms with Gasteiger partial charge in [-0.15, -0.1) is 0 Å². The Hall–Kier alpha value is -1.98. The van der Waals surface area contributed by atoms with E-state index in [0.29, 0.717) is 23.7 Å². The predicted octanol–water partition coefficient (Wildman–Crippen LogP) is 3.08. The third-order valence-corrected chi connectivity index (χ3v) is 6.13. The van der Waals surface area contributed by atoms with Crippen LogP contribution in [0.1, 0.15) is 113 Å². The average molecular weight is 584 g/mol. The zero-order valence-corrected chi connectivity index (χ0v) is 25.6. The van der Waals surface area contributed by atoms with Crippen molar-refractivity contribution < 1.29 is 41.6 Å². The van der Waals surface area contributed by atoms with Gasteiger partial charge in [-0.2, -0.15) is 0 Å². The van der Waals surface area contributed by atoms with E-state index in [0.717, 1.165) is 22.8 Å². The van der Waals surface area contributed by atoms with Crippen molar-refractivity contribution in [2.24, 2.45) is 9.98 Å². The second-order valence-electron chi connectivity index (χ2n) is 10.2. The van der Waals surface area contributed by atoms with Crippen LogP contribution in [0.4, 0.5) is 11.4 Å². The fourth-order valence-corrected chi connectivity index (χ4v) is 4.20. The Bertz CT molecular complexity index is 1040. The summed E-state index contributed by atoms with van der Waals surface area (Å²) in [5.74, 6) is 1.64. The second kappa shape index (κ2) is 16.1. The first-order valence-corrected chi connectivity index (χ1v) is 12.5. The van der Waals surface area contributed by atoms with E-state index in [1.54, 1.807) is 0 Å². The Morgan fingerprint density at radius 3 is 1.05 bits per heavy atom. The van der Waals surface area contributed by atoms with E-state index in [1.165, 1.54) is 22.3 Å². The molecule has 2 aromatic carbocycles. The molecule has 0 atom stereocenters. The smallest absolute Gasteiger partial charge is 1.00 e. The molecule has 3 nitrogen and oxygen atoms in total. The van der Waals surface area contributed by atoms with Crippen LogP contribution in [0.5, 0.6) is 0 Å². The van der Waals surface area contributed by atoms with Crippen LogP contribution in [-0.2, 0) is 16.8 Å². The van der Waals surface area contributed by atoms with E-state index in [9.17, 15) is 0 Å². The van der Waals surface area contributed by atoms with Crippen LogP contribution >= 0.6 is 0 Å². The molecule has 0 aliphatic rings. The van der Waals surface area contributed by atoms with Crippen LogP contribution in [0.15, 0.2) is 64.6 Å². The van der Waals surface area contributed by atoms with Gasteiger partial charge in [0.1, 0.15) is 0 Å². The number of pyridine rings is 1. The van der Waals surface area contributed by atoms with Gasteiger partial charge in [-0.1, -0.05) is 97.9 Å². The number of benzene rings is 2. The van der Waals surface area contributed by atoms with Gasteiger partial charge in [-0.05, 0) is 58.1 Å². The number of hydrogen-bond donors (Lipinski definition) is 0. The van der Waals surface area contributed by atoms with Gasteiger partial charge in [0.25, 0.3) is 0 Å². The van der Waals surface area contributed by atoms with Crippen molar-refractivity contribution in [3.63, 3.8) is 0 Å². The van der Waals surface area contributed by atoms with Gasteiger partial charge in [0.05, 0.1) is 35.2 Å². The standard InChI is InChI=1S/C31H39N3.2ClH.Co/c1-20(2)26-14-10-15-27(21(3)4)30(26)32-18-24-12-9-13-25(34-24)19-33-31-28(22(5)6)16-11-17-29(31)23(7)8;;;/h9-23H,1-8H3;2*1H;/q;;;+2/p-2. The van der Waals surface area contributed by atoms with Gasteiger partial charge < -0.3 is 24.8 Å². The van der Waals surface area contributed by atoms with Gasteiger partial charge in [0.2, 0.25) is 0 Å². The fraction of sp³-hybridized carbons (Fsp3) is 0.387. The zero-order chi connectivity index (χ0) is 24.8. The Balaban J connectivity index is 0.00000432. The van der Waals surface area contributed by atoms with E-state index in [2.05, 4.69) is 91.8 Å². The number of rotatable bonds is 8. The molecule has 0 aliphatic heterocycles. The molecular weight excluding hydrogens is 544 g/mol. The maximum absolute atomic E-state index is 4.92. The summed E-state index contributed by atoms with van der Waals surface area (Å²) in [5, 5.41) is 0. The molecule has 0 unspecified atom stereocenters. The van der Waals surface area contributed by atoms with Crippen LogP contribution in [0, 0.1) is 0 Å². The fourth-order valence-electron chi connectivity index (χ4n) is 4.20. The van der Waals surface area contributed by atoms with Crippen molar-refractivity contribution in [3.05, 3.63) is 88.2 Å². The minimum absolute atomic E-state index is 0. The van der Waals surface area contributed by atoms with E-state index in [4.69, 9.17) is 15.0 Å². The van der Waals surface area contributed by atoms with Crippen molar-refractivity contribution in [1.82, 2.24) is 4.98 Å². The van der Waals surface area contributed by atoms with E-state index in [1.807, 2.05) is 30.6 Å². The third-order valence-electron chi connectivity index (χ3n) is 6.13. The maximum Gasteiger partial charge on any atom is 2.00 e. The topological polar surface area (TPSA) is 37.6 Å². The number of nitrogens with zero attached hydrogens (tertiary/aromatic N) is 3. The maximum atomic E-state index is 4.92. The van der Waals surface area contributed by atoms with Gasteiger partial charge in [-0.25, -0.2) is 4.98 Å². The molecule has 0 aliphatic carbocycles. The van der Waals surface area contributed by atoms with Crippen LogP contribution in [0.2, 0.25) is 0 Å². The van der Waals surface area contributed by atoms with Crippen molar-refractivity contribution in [3.8, 4) is 0 Å². The molecule has 1 heterocycles. The van der Waals surface area contributed by atoms with Crippen molar-refractivity contribution >= 4 is 23.8 Å². The quantitative estimate of drug-likeness (QED) is 0.376. The molecule has 0 amide bonds. The molecule has 0 fully saturated rings. The molecule has 1 radical (unpaired) electrons. The molecule has 37 heavy (non-hydrogen) atoms. The number of hydrogen-bond acceptors (Lipinski definition) is 3. The molecule has 0 N–H and O–H groups in total. The zero-order valence-electron chi connectivity index (χ0n) is 23.1. The number of aromatic nitrogens is 1. The minimum atomic E-state index is 0. The van der Waals surface area contributed by atoms with Gasteiger partial charge >= 0.3 is 16.8 Å². The van der Waals surface area contributed by atoms with Crippen molar-refractivity contribution in [1.29, 1.82) is 0 Å². The van der Waals surface area contributed by atoms with Gasteiger partial charge in [-0.3, -0.25) is 9.98 Å². The Kier molecular flexibility index (Phi) is 15.2. The van der Waals surface area contributed by atoms with E-state index in [-0.39, 0.29) is 41.6 Å². The van der Waals surface area contributed by atoms with Gasteiger partial charge in [0, 0.05) is 0 Å². The Labute approximate surface area is 246 Å². The number of halogens is 2. The molecule has 0 bridgehead atoms. The summed E-state index contributed by atoms with van der Waals surface area (Å²) in [6.07, 6.45) is 3.76. The molecule has 1 aromatic heterocycles. The van der Waals surface area contributed by atoms with Gasteiger partial charge in [0.15, 0.2) is 0 Å². The van der Waals surface area contributed by atoms with Crippen LogP contribution in [-0.4, -0.2) is 17.4 Å². The molecule has 3 rings (SSSR count). The first-order valence-electron chi connectivity index (χ1n) is 12.5. The molecule has 0 saturated heterocycles. The molecule has 0 spiro atoms. The molecule has 6 heteroatoms. The monoisotopic (exact) mass is 582 g/mol. The summed E-state index contributed by atoms with van der Waals surface area (Å²) < 4.78 is 0. The number of aliphatic imine (C=N–C) groups is 2. The van der Waals surface area contributed by atoms with Crippen LogP contribution in [0.3, 0.4) is 0 Å². The number of para-hydroxylation sites is 2. The SMILES string of the molecule is CC(C)c1cccc(C(C)C)c1N=Cc1cccc(C=Nc2c(C(C)C)cccc2C(C)C)n1.[Cl-].[Cl-].[Co+2]. The minimum Gasteiger partial charge on any atom is -1.00 e. The Morgan fingerprint density at radius 1 is 0.514 bits per heavy atom. The molecule has 3 aromatic rings. The molecule has 0 saturated carbocycles. The third kappa shape index (κ3) is 9.07. The predicted molar refractivity (Wildman–Crippen MR) is 148 cm³/mol. The Morgan fingerprint density at radius 2 is 0.784 bits per heavy atom. The first-order chi connectivity index (χ1) is 16.2. The van der Waals surface area contributed by atoms with Crippen molar-refractivity contribution in [2.75, 3.05) is 0 Å². The van der Waals surface area contributed by atoms with Crippen molar-refractivity contribution in [2.45, 2.75) is 79.1 Å². The summed E-state index contributed by atoms with van der Waals surface area (Å²) in [4.78, 5) is 14.6. The second-order valence-corrected chi connectivity index (χ2v) is 10.2. The summed E-state index contributed by atoms with van der Waals surface area (Å²) >= 11 is 0. The van der Waals surface area contributed by atoms with Crippen LogP contribution in [0.25, 0.3) is 0 Å². The molecular formula is C31H39Cl2CoN3. The summed E-state index contributed by atoms with van der Waals surface area (Å²) in [6, 6.07) is 19.0.